The van der Waals surface area contributed by atoms with Crippen molar-refractivity contribution in [2.75, 3.05) is 26.4 Å². The molecule has 1 amide bonds. The van der Waals surface area contributed by atoms with E-state index in [1.165, 1.54) is 17.2 Å². The van der Waals surface area contributed by atoms with Crippen molar-refractivity contribution in [3.8, 4) is 5.88 Å². The number of hydrogen-bond acceptors (Lipinski definition) is 5. The Kier molecular flexibility index (Phi) is 5.79. The van der Waals surface area contributed by atoms with Crippen LogP contribution < -0.4 is 4.74 Å². The van der Waals surface area contributed by atoms with Crippen LogP contribution in [0, 0.1) is 5.92 Å². The molecule has 2 rings (SSSR count). The zero-order valence-electron chi connectivity index (χ0n) is 13.0. The van der Waals surface area contributed by atoms with Gasteiger partial charge in [0.25, 0.3) is 5.91 Å². The summed E-state index contributed by atoms with van der Waals surface area (Å²) in [6.07, 6.45) is 1.35. The van der Waals surface area contributed by atoms with Crippen LogP contribution in [-0.2, 0) is 9.53 Å². The van der Waals surface area contributed by atoms with Crippen LogP contribution in [0.5, 0.6) is 5.88 Å². The number of morpholine rings is 1. The molecule has 1 unspecified atom stereocenters. The second kappa shape index (κ2) is 7.61. The number of amides is 1. The van der Waals surface area contributed by atoms with Crippen molar-refractivity contribution in [2.24, 2.45) is 5.92 Å². The molecule has 1 aliphatic rings. The molecule has 8 heteroatoms. The van der Waals surface area contributed by atoms with Crippen LogP contribution in [0.4, 0.5) is 0 Å². The molecule has 1 aliphatic heterocycles. The fourth-order valence-electron chi connectivity index (χ4n) is 2.11. The molecular formula is C15H19ClN2O5. The largest absolute Gasteiger partial charge is 0.480 e. The van der Waals surface area contributed by atoms with Gasteiger partial charge in [0.05, 0.1) is 25.4 Å². The molecule has 0 saturated carbocycles. The number of carbonyl (C=O) groups excluding carboxylic acids is 1. The summed E-state index contributed by atoms with van der Waals surface area (Å²) in [7, 11) is 0. The Morgan fingerprint density at radius 3 is 2.91 bits per heavy atom. The molecule has 2 heterocycles. The first-order valence-electron chi connectivity index (χ1n) is 7.30. The van der Waals surface area contributed by atoms with Gasteiger partial charge in [0.2, 0.25) is 5.88 Å². The van der Waals surface area contributed by atoms with Crippen LogP contribution >= 0.6 is 11.6 Å². The van der Waals surface area contributed by atoms with Gasteiger partial charge in [-0.25, -0.2) is 9.78 Å². The molecule has 1 saturated heterocycles. The molecule has 0 spiro atoms. The van der Waals surface area contributed by atoms with Crippen LogP contribution in [0.2, 0.25) is 5.02 Å². The molecule has 7 nitrogen and oxygen atoms in total. The number of aromatic nitrogens is 1. The lowest BCUT2D eigenvalue weighted by Crippen LogP contribution is -2.52. The lowest BCUT2D eigenvalue weighted by Gasteiger charge is -2.32. The van der Waals surface area contributed by atoms with Crippen molar-refractivity contribution in [2.45, 2.75) is 19.9 Å². The Hall–Kier alpha value is -1.86. The molecular weight excluding hydrogens is 324 g/mol. The number of aliphatic carboxylic acids is 1. The summed E-state index contributed by atoms with van der Waals surface area (Å²) in [5.74, 6) is -0.966. The fourth-order valence-corrected chi connectivity index (χ4v) is 2.33. The SMILES string of the molecule is CC(C)COc1ncc(C(=O)N2CCOCC2C(=O)O)cc1Cl. The van der Waals surface area contributed by atoms with E-state index in [9.17, 15) is 14.7 Å². The Balaban J connectivity index is 2.15. The van der Waals surface area contributed by atoms with Crippen LogP contribution in [-0.4, -0.2) is 59.3 Å². The van der Waals surface area contributed by atoms with E-state index in [0.29, 0.717) is 19.1 Å². The predicted octanol–water partition coefficient (Wildman–Crippen LogP) is 1.70. The van der Waals surface area contributed by atoms with E-state index >= 15 is 0 Å². The van der Waals surface area contributed by atoms with Crippen molar-refractivity contribution in [1.29, 1.82) is 0 Å². The summed E-state index contributed by atoms with van der Waals surface area (Å²) in [5.41, 5.74) is 0.222. The molecule has 1 fully saturated rings. The first-order chi connectivity index (χ1) is 10.9. The number of halogens is 1. The highest BCUT2D eigenvalue weighted by atomic mass is 35.5. The highest BCUT2D eigenvalue weighted by molar-refractivity contribution is 6.32. The van der Waals surface area contributed by atoms with E-state index in [1.807, 2.05) is 13.8 Å². The molecule has 1 N–H and O–H groups in total. The Labute approximate surface area is 139 Å². The molecule has 0 aromatic carbocycles. The van der Waals surface area contributed by atoms with Crippen LogP contribution in [0.15, 0.2) is 12.3 Å². The third-order valence-electron chi connectivity index (χ3n) is 3.28. The number of nitrogens with zero attached hydrogens (tertiary/aromatic N) is 2. The lowest BCUT2D eigenvalue weighted by molar-refractivity contribution is -0.147. The smallest absolute Gasteiger partial charge is 0.328 e. The molecule has 1 atom stereocenters. The Bertz CT molecular complexity index is 593. The summed E-state index contributed by atoms with van der Waals surface area (Å²) in [4.78, 5) is 29.1. The van der Waals surface area contributed by atoms with Gasteiger partial charge in [-0.1, -0.05) is 25.4 Å². The number of ether oxygens (including phenoxy) is 2. The van der Waals surface area contributed by atoms with Gasteiger partial charge < -0.3 is 19.5 Å². The zero-order chi connectivity index (χ0) is 17.0. The van der Waals surface area contributed by atoms with Crippen molar-refractivity contribution in [1.82, 2.24) is 9.88 Å². The summed E-state index contributed by atoms with van der Waals surface area (Å²) in [6, 6.07) is 0.438. The third-order valence-corrected chi connectivity index (χ3v) is 3.55. The van der Waals surface area contributed by atoms with Gasteiger partial charge in [0.1, 0.15) is 5.02 Å². The van der Waals surface area contributed by atoms with Crippen molar-refractivity contribution in [3.63, 3.8) is 0 Å². The summed E-state index contributed by atoms with van der Waals surface area (Å²) >= 11 is 6.10. The summed E-state index contributed by atoms with van der Waals surface area (Å²) < 4.78 is 10.6. The standard InChI is InChI=1S/C15H19ClN2O5/c1-9(2)7-23-13-11(16)5-10(6-17-13)14(19)18-3-4-22-8-12(18)15(20)21/h5-6,9,12H,3-4,7-8H2,1-2H3,(H,20,21). The minimum atomic E-state index is -1.10. The van der Waals surface area contributed by atoms with Crippen LogP contribution in [0.1, 0.15) is 24.2 Å². The van der Waals surface area contributed by atoms with Crippen molar-refractivity contribution in [3.05, 3.63) is 22.8 Å². The highest BCUT2D eigenvalue weighted by Crippen LogP contribution is 2.24. The number of carbonyl (C=O) groups is 2. The monoisotopic (exact) mass is 342 g/mol. The number of rotatable bonds is 5. The van der Waals surface area contributed by atoms with Gasteiger partial charge in [-0.15, -0.1) is 0 Å². The predicted molar refractivity (Wildman–Crippen MR) is 82.9 cm³/mol. The van der Waals surface area contributed by atoms with E-state index in [-0.39, 0.29) is 29.6 Å². The molecule has 126 valence electrons. The summed E-state index contributed by atoms with van der Waals surface area (Å²) in [6.45, 7) is 4.93. The maximum Gasteiger partial charge on any atom is 0.328 e. The van der Waals surface area contributed by atoms with Crippen LogP contribution in [0.25, 0.3) is 0 Å². The lowest BCUT2D eigenvalue weighted by atomic mass is 10.1. The van der Waals surface area contributed by atoms with Gasteiger partial charge in [0.15, 0.2) is 6.04 Å². The maximum absolute atomic E-state index is 12.5. The number of pyridine rings is 1. The fraction of sp³-hybridized carbons (Fsp3) is 0.533. The third kappa shape index (κ3) is 4.33. The second-order valence-corrected chi connectivity index (χ2v) is 6.05. The Morgan fingerprint density at radius 2 is 2.30 bits per heavy atom. The second-order valence-electron chi connectivity index (χ2n) is 5.64. The number of carboxylic acid groups (broad SMARTS) is 1. The average Bonchev–Trinajstić information content (AvgIpc) is 2.52. The first-order valence-corrected chi connectivity index (χ1v) is 7.67. The quantitative estimate of drug-likeness (QED) is 0.876. The van der Waals surface area contributed by atoms with E-state index in [0.717, 1.165) is 0 Å². The maximum atomic E-state index is 12.5. The Morgan fingerprint density at radius 1 is 1.57 bits per heavy atom. The van der Waals surface area contributed by atoms with Gasteiger partial charge in [0, 0.05) is 12.7 Å². The minimum absolute atomic E-state index is 0.0299. The molecule has 0 aliphatic carbocycles. The van der Waals surface area contributed by atoms with E-state index in [2.05, 4.69) is 4.98 Å². The average molecular weight is 343 g/mol. The van der Waals surface area contributed by atoms with Crippen LogP contribution in [0.3, 0.4) is 0 Å². The van der Waals surface area contributed by atoms with E-state index < -0.39 is 17.9 Å². The number of carboxylic acids is 1. The molecule has 0 bridgehead atoms. The molecule has 0 radical (unpaired) electrons. The minimum Gasteiger partial charge on any atom is -0.480 e. The first kappa shape index (κ1) is 17.5. The van der Waals surface area contributed by atoms with E-state index in [1.54, 1.807) is 0 Å². The van der Waals surface area contributed by atoms with Crippen molar-refractivity contribution < 1.29 is 24.2 Å². The number of hydrogen-bond donors (Lipinski definition) is 1. The van der Waals surface area contributed by atoms with Gasteiger partial charge in [-0.05, 0) is 12.0 Å². The molecule has 1 aromatic rings. The molecule has 1 aromatic heterocycles. The zero-order valence-corrected chi connectivity index (χ0v) is 13.7. The van der Waals surface area contributed by atoms with Gasteiger partial charge in [-0.2, -0.15) is 0 Å². The topological polar surface area (TPSA) is 89.0 Å². The van der Waals surface area contributed by atoms with E-state index in [4.69, 9.17) is 21.1 Å². The van der Waals surface area contributed by atoms with Gasteiger partial charge >= 0.3 is 5.97 Å². The van der Waals surface area contributed by atoms with Crippen molar-refractivity contribution >= 4 is 23.5 Å². The molecule has 23 heavy (non-hydrogen) atoms. The van der Waals surface area contributed by atoms with Gasteiger partial charge in [-0.3, -0.25) is 4.79 Å². The summed E-state index contributed by atoms with van der Waals surface area (Å²) in [5, 5.41) is 9.41. The highest BCUT2D eigenvalue weighted by Gasteiger charge is 2.33. The normalized spacial score (nSPS) is 18.1.